The number of halogens is 3. The first-order chi connectivity index (χ1) is 20.6. The predicted molar refractivity (Wildman–Crippen MR) is 184 cm³/mol. The van der Waals surface area contributed by atoms with Gasteiger partial charge in [0.15, 0.2) is 7.14 Å². The van der Waals surface area contributed by atoms with E-state index >= 15 is 0 Å². The molecule has 0 amide bonds. The summed E-state index contributed by atoms with van der Waals surface area (Å²) < 4.78 is 36.3. The fraction of sp³-hybridized carbons (Fsp3) is 0.0909. The first kappa shape index (κ1) is 34.7. The summed E-state index contributed by atoms with van der Waals surface area (Å²) in [5, 5.41) is 12.0. The van der Waals surface area contributed by atoms with E-state index in [1.165, 1.54) is 0 Å². The molecule has 5 aromatic carbocycles. The van der Waals surface area contributed by atoms with Crippen LogP contribution in [0.1, 0.15) is 5.56 Å². The first-order valence-corrected chi connectivity index (χ1v) is 19.0. The van der Waals surface area contributed by atoms with E-state index in [-0.39, 0.29) is 6.61 Å². The van der Waals surface area contributed by atoms with Crippen LogP contribution in [0.15, 0.2) is 138 Å². The predicted octanol–water partition coefficient (Wildman–Crippen LogP) is 8.27. The van der Waals surface area contributed by atoms with Crippen LogP contribution in [0, 0.1) is 0 Å². The van der Waals surface area contributed by atoms with Crippen LogP contribution in [-0.2, 0) is 15.7 Å². The van der Waals surface area contributed by atoms with Gasteiger partial charge in [-0.1, -0.05) is 88.7 Å². The summed E-state index contributed by atoms with van der Waals surface area (Å²) in [6.07, 6.45) is 0. The van der Waals surface area contributed by atoms with Crippen LogP contribution in [0.25, 0.3) is 0 Å². The lowest BCUT2D eigenvalue weighted by atomic mass is 10.2. The standard InChI is InChI=1S/C20H19O3P.C7H7BrO.C6H5Cl2OP/c1-23-17-9-13-20(14-10-17)24(22,18-5-3-2-4-6-18)19-11-7-16(15-21)8-12-19;1-9-7-4-2-6(8)3-5-7;7-10(8,9)6-4-2-1-3-5-6/h2-14,21H,15H2,1H3;2-5H,1H3;1-5H. The van der Waals surface area contributed by atoms with Gasteiger partial charge in [-0.3, -0.25) is 4.57 Å². The molecular formula is C33H31BrCl2O5P2. The van der Waals surface area contributed by atoms with Gasteiger partial charge in [0, 0.05) is 25.7 Å². The van der Waals surface area contributed by atoms with Gasteiger partial charge < -0.3 is 19.1 Å². The molecule has 10 heteroatoms. The molecule has 0 bridgehead atoms. The number of aliphatic hydroxyl groups excluding tert-OH is 1. The summed E-state index contributed by atoms with van der Waals surface area (Å²) in [6.45, 7) is -0.0293. The van der Waals surface area contributed by atoms with Crippen LogP contribution < -0.4 is 30.7 Å². The van der Waals surface area contributed by atoms with Gasteiger partial charge in [-0.15, -0.1) is 0 Å². The second-order valence-electron chi connectivity index (χ2n) is 8.92. The van der Waals surface area contributed by atoms with E-state index in [1.807, 2.05) is 109 Å². The molecule has 0 fully saturated rings. The number of hydrogen-bond donors (Lipinski definition) is 1. The van der Waals surface area contributed by atoms with Crippen molar-refractivity contribution in [3.05, 3.63) is 143 Å². The highest BCUT2D eigenvalue weighted by atomic mass is 79.9. The maximum Gasteiger partial charge on any atom is 0.281 e. The van der Waals surface area contributed by atoms with Crippen LogP contribution in [0.3, 0.4) is 0 Å². The summed E-state index contributed by atoms with van der Waals surface area (Å²) in [6, 6.07) is 40.4. The highest BCUT2D eigenvalue weighted by Gasteiger charge is 2.29. The summed E-state index contributed by atoms with van der Waals surface area (Å²) in [7, 11) is 0.292. The summed E-state index contributed by atoms with van der Waals surface area (Å²) >= 11 is 14.1. The molecule has 1 atom stereocenters. The topological polar surface area (TPSA) is 72.8 Å². The Morgan fingerprint density at radius 2 is 0.953 bits per heavy atom. The van der Waals surface area contributed by atoms with Crippen LogP contribution in [-0.4, -0.2) is 19.3 Å². The van der Waals surface area contributed by atoms with Crippen molar-refractivity contribution >= 4 is 72.6 Å². The highest BCUT2D eigenvalue weighted by Crippen LogP contribution is 2.54. The Morgan fingerprint density at radius 1 is 0.581 bits per heavy atom. The minimum Gasteiger partial charge on any atom is -0.497 e. The summed E-state index contributed by atoms with van der Waals surface area (Å²) in [5.41, 5.74) is 0.799. The number of rotatable bonds is 7. The van der Waals surface area contributed by atoms with Gasteiger partial charge in [-0.25, -0.2) is 0 Å². The van der Waals surface area contributed by atoms with Crippen molar-refractivity contribution in [2.24, 2.45) is 0 Å². The Balaban J connectivity index is 0.000000218. The number of methoxy groups -OCH3 is 2. The molecule has 0 aliphatic rings. The van der Waals surface area contributed by atoms with E-state index in [4.69, 9.17) is 32.0 Å². The second-order valence-corrected chi connectivity index (χ2v) is 17.4. The SMILES string of the molecule is COc1ccc(Br)cc1.COc1ccc(P(=O)(c2ccccc2)c2ccc(CO)cc2)cc1.O=P(Cl)(Cl)c1ccccc1. The Kier molecular flexibility index (Phi) is 13.6. The lowest BCUT2D eigenvalue weighted by Gasteiger charge is -2.20. The van der Waals surface area contributed by atoms with E-state index in [0.717, 1.165) is 37.4 Å². The molecule has 1 N–H and O–H groups in total. The number of aliphatic hydroxyl groups is 1. The lowest BCUT2D eigenvalue weighted by molar-refractivity contribution is 0.282. The summed E-state index contributed by atoms with van der Waals surface area (Å²) in [5.74, 6) is -1.46. The minimum absolute atomic E-state index is 0.0293. The maximum absolute atomic E-state index is 14.1. The Labute approximate surface area is 270 Å². The van der Waals surface area contributed by atoms with Gasteiger partial charge >= 0.3 is 0 Å². The van der Waals surface area contributed by atoms with Gasteiger partial charge in [0.05, 0.1) is 20.8 Å². The van der Waals surface area contributed by atoms with Crippen molar-refractivity contribution in [3.8, 4) is 11.5 Å². The molecule has 5 rings (SSSR count). The zero-order valence-corrected chi connectivity index (χ0v) is 28.4. The van der Waals surface area contributed by atoms with Crippen LogP contribution in [0.2, 0.25) is 0 Å². The molecule has 0 saturated heterocycles. The van der Waals surface area contributed by atoms with Crippen LogP contribution in [0.5, 0.6) is 11.5 Å². The maximum atomic E-state index is 14.1. The van der Waals surface area contributed by atoms with Crippen molar-refractivity contribution in [2.75, 3.05) is 14.2 Å². The average Bonchev–Trinajstić information content (AvgIpc) is 3.06. The molecule has 5 aromatic rings. The number of ether oxygens (including phenoxy) is 2. The van der Waals surface area contributed by atoms with Crippen molar-refractivity contribution < 1.29 is 23.7 Å². The zero-order chi connectivity index (χ0) is 31.3. The van der Waals surface area contributed by atoms with Gasteiger partial charge in [-0.2, -0.15) is 0 Å². The fourth-order valence-corrected chi connectivity index (χ4v) is 7.94. The third-order valence-corrected chi connectivity index (χ3v) is 11.8. The molecule has 0 spiro atoms. The Hall–Kier alpha value is -2.82. The van der Waals surface area contributed by atoms with E-state index in [0.29, 0.717) is 5.30 Å². The van der Waals surface area contributed by atoms with Crippen LogP contribution in [0.4, 0.5) is 0 Å². The van der Waals surface area contributed by atoms with Gasteiger partial charge in [-0.05, 0) is 88.7 Å². The molecule has 43 heavy (non-hydrogen) atoms. The van der Waals surface area contributed by atoms with E-state index in [9.17, 15) is 14.2 Å². The molecule has 224 valence electrons. The third-order valence-electron chi connectivity index (χ3n) is 6.14. The largest absolute Gasteiger partial charge is 0.497 e. The zero-order valence-electron chi connectivity index (χ0n) is 23.5. The monoisotopic (exact) mass is 718 g/mol. The van der Waals surface area contributed by atoms with E-state index in [1.54, 1.807) is 38.5 Å². The van der Waals surface area contributed by atoms with Gasteiger partial charge in [0.25, 0.3) is 5.85 Å². The fourth-order valence-electron chi connectivity index (χ4n) is 3.86. The van der Waals surface area contributed by atoms with Crippen molar-refractivity contribution in [1.82, 2.24) is 0 Å². The van der Waals surface area contributed by atoms with Crippen molar-refractivity contribution in [1.29, 1.82) is 0 Å². The molecule has 0 radical (unpaired) electrons. The molecule has 0 heterocycles. The molecule has 0 saturated carbocycles. The van der Waals surface area contributed by atoms with Crippen molar-refractivity contribution in [2.45, 2.75) is 6.61 Å². The van der Waals surface area contributed by atoms with Gasteiger partial charge in [0.1, 0.15) is 11.5 Å². The number of benzene rings is 5. The molecular weight excluding hydrogens is 689 g/mol. The smallest absolute Gasteiger partial charge is 0.281 e. The first-order valence-electron chi connectivity index (χ1n) is 13.0. The highest BCUT2D eigenvalue weighted by molar-refractivity contribution is 9.10. The van der Waals surface area contributed by atoms with Gasteiger partial charge in [0.2, 0.25) is 0 Å². The van der Waals surface area contributed by atoms with Crippen molar-refractivity contribution in [3.63, 3.8) is 0 Å². The molecule has 0 aliphatic carbocycles. The second kappa shape index (κ2) is 16.9. The minimum atomic E-state index is -3.07. The number of hydrogen-bond acceptors (Lipinski definition) is 5. The Morgan fingerprint density at radius 3 is 1.33 bits per heavy atom. The van der Waals surface area contributed by atoms with E-state index < -0.39 is 13.0 Å². The Bertz CT molecular complexity index is 1580. The van der Waals surface area contributed by atoms with Crippen LogP contribution >= 0.6 is 51.4 Å². The average molecular weight is 720 g/mol. The lowest BCUT2D eigenvalue weighted by Crippen LogP contribution is -2.25. The summed E-state index contributed by atoms with van der Waals surface area (Å²) in [4.78, 5) is 0. The molecule has 0 aromatic heterocycles. The normalized spacial score (nSPS) is 12.0. The molecule has 0 aliphatic heterocycles. The van der Waals surface area contributed by atoms with E-state index in [2.05, 4.69) is 15.9 Å². The molecule has 5 nitrogen and oxygen atoms in total. The quantitative estimate of drug-likeness (QED) is 0.172. The molecule has 1 unspecified atom stereocenters. The third kappa shape index (κ3) is 10.1.